The van der Waals surface area contributed by atoms with Crippen molar-refractivity contribution in [1.29, 1.82) is 5.26 Å². The second-order valence-electron chi connectivity index (χ2n) is 5.63. The SMILES string of the molecule is N#CCc1ccc(N2CCCC(NC3CC3)C2=O)cc1. The van der Waals surface area contributed by atoms with Gasteiger partial charge in [0.25, 0.3) is 0 Å². The fourth-order valence-electron chi connectivity index (χ4n) is 2.71. The third-order valence-corrected chi connectivity index (χ3v) is 3.98. The molecule has 1 saturated carbocycles. The first-order chi connectivity index (χ1) is 9.78. The number of benzene rings is 1. The van der Waals surface area contributed by atoms with Crippen LogP contribution in [0, 0.1) is 11.3 Å². The summed E-state index contributed by atoms with van der Waals surface area (Å²) in [5, 5.41) is 12.1. The van der Waals surface area contributed by atoms with Crippen LogP contribution in [-0.4, -0.2) is 24.5 Å². The van der Waals surface area contributed by atoms with Crippen LogP contribution in [-0.2, 0) is 11.2 Å². The van der Waals surface area contributed by atoms with Crippen LogP contribution in [0.5, 0.6) is 0 Å². The monoisotopic (exact) mass is 269 g/mol. The van der Waals surface area contributed by atoms with Crippen LogP contribution >= 0.6 is 0 Å². The standard InChI is InChI=1S/C16H19N3O/c17-10-9-12-3-7-14(8-4-12)19-11-1-2-15(16(19)20)18-13-5-6-13/h3-4,7-8,13,15,18H,1-2,5-6,9,11H2. The van der Waals surface area contributed by atoms with Gasteiger partial charge in [-0.2, -0.15) is 5.26 Å². The maximum Gasteiger partial charge on any atom is 0.244 e. The Bertz CT molecular complexity index is 528. The summed E-state index contributed by atoms with van der Waals surface area (Å²) in [6.07, 6.45) is 4.80. The summed E-state index contributed by atoms with van der Waals surface area (Å²) >= 11 is 0. The van der Waals surface area contributed by atoms with E-state index in [1.165, 1.54) is 12.8 Å². The minimum atomic E-state index is -0.0185. The highest BCUT2D eigenvalue weighted by molar-refractivity contribution is 5.98. The molecule has 4 heteroatoms. The summed E-state index contributed by atoms with van der Waals surface area (Å²) in [6.45, 7) is 0.791. The highest BCUT2D eigenvalue weighted by Gasteiger charge is 2.33. The summed E-state index contributed by atoms with van der Waals surface area (Å²) < 4.78 is 0. The molecule has 20 heavy (non-hydrogen) atoms. The van der Waals surface area contributed by atoms with E-state index in [0.29, 0.717) is 12.5 Å². The molecule has 1 heterocycles. The molecule has 1 aromatic carbocycles. The number of nitrogens with zero attached hydrogens (tertiary/aromatic N) is 2. The van der Waals surface area contributed by atoms with Gasteiger partial charge in [-0.15, -0.1) is 0 Å². The summed E-state index contributed by atoms with van der Waals surface area (Å²) in [4.78, 5) is 14.4. The van der Waals surface area contributed by atoms with Crippen LogP contribution in [0.15, 0.2) is 24.3 Å². The number of carbonyl (C=O) groups is 1. The van der Waals surface area contributed by atoms with Gasteiger partial charge in [0.2, 0.25) is 5.91 Å². The molecule has 2 aliphatic rings. The molecule has 1 atom stereocenters. The van der Waals surface area contributed by atoms with Gasteiger partial charge in [-0.05, 0) is 43.4 Å². The Morgan fingerprint density at radius 3 is 2.65 bits per heavy atom. The molecule has 4 nitrogen and oxygen atoms in total. The predicted octanol–water partition coefficient (Wildman–Crippen LogP) is 2.00. The third-order valence-electron chi connectivity index (χ3n) is 3.98. The largest absolute Gasteiger partial charge is 0.311 e. The van der Waals surface area contributed by atoms with Gasteiger partial charge in [-0.3, -0.25) is 4.79 Å². The highest BCUT2D eigenvalue weighted by atomic mass is 16.2. The molecule has 1 saturated heterocycles. The van der Waals surface area contributed by atoms with Crippen molar-refractivity contribution < 1.29 is 4.79 Å². The number of anilines is 1. The first kappa shape index (κ1) is 13.1. The molecule has 1 N–H and O–H groups in total. The first-order valence-corrected chi connectivity index (χ1v) is 7.31. The van der Waals surface area contributed by atoms with E-state index >= 15 is 0 Å². The van der Waals surface area contributed by atoms with Gasteiger partial charge in [0.1, 0.15) is 0 Å². The van der Waals surface area contributed by atoms with Gasteiger partial charge in [0.05, 0.1) is 18.5 Å². The van der Waals surface area contributed by atoms with Crippen LogP contribution < -0.4 is 10.2 Å². The number of nitrogens with one attached hydrogen (secondary N) is 1. The van der Waals surface area contributed by atoms with Crippen molar-refractivity contribution in [2.24, 2.45) is 0 Å². The summed E-state index contributed by atoms with van der Waals surface area (Å²) in [7, 11) is 0. The van der Waals surface area contributed by atoms with Crippen molar-refractivity contribution in [3.05, 3.63) is 29.8 Å². The Balaban J connectivity index is 1.71. The van der Waals surface area contributed by atoms with Crippen molar-refractivity contribution in [2.75, 3.05) is 11.4 Å². The second-order valence-corrected chi connectivity index (χ2v) is 5.63. The van der Waals surface area contributed by atoms with E-state index in [-0.39, 0.29) is 11.9 Å². The molecule has 1 amide bonds. The van der Waals surface area contributed by atoms with E-state index in [2.05, 4.69) is 11.4 Å². The fourth-order valence-corrected chi connectivity index (χ4v) is 2.71. The summed E-state index contributed by atoms with van der Waals surface area (Å²) in [6, 6.07) is 10.4. The van der Waals surface area contributed by atoms with E-state index in [9.17, 15) is 4.79 Å². The predicted molar refractivity (Wildman–Crippen MR) is 77.3 cm³/mol. The maximum atomic E-state index is 12.5. The summed E-state index contributed by atoms with van der Waals surface area (Å²) in [5.74, 6) is 0.191. The number of hydrogen-bond donors (Lipinski definition) is 1. The van der Waals surface area contributed by atoms with Crippen molar-refractivity contribution in [3.8, 4) is 6.07 Å². The number of amides is 1. The van der Waals surface area contributed by atoms with E-state index in [0.717, 1.165) is 30.6 Å². The molecule has 1 aliphatic carbocycles. The van der Waals surface area contributed by atoms with E-state index in [4.69, 9.17) is 5.26 Å². The van der Waals surface area contributed by atoms with Crippen LogP contribution in [0.1, 0.15) is 31.2 Å². The average molecular weight is 269 g/mol. The topological polar surface area (TPSA) is 56.1 Å². The smallest absolute Gasteiger partial charge is 0.244 e. The number of carbonyl (C=O) groups excluding carboxylic acids is 1. The molecule has 0 bridgehead atoms. The number of nitriles is 1. The van der Waals surface area contributed by atoms with Crippen molar-refractivity contribution in [3.63, 3.8) is 0 Å². The third kappa shape index (κ3) is 2.83. The number of hydrogen-bond acceptors (Lipinski definition) is 3. The zero-order valence-corrected chi connectivity index (χ0v) is 11.5. The Morgan fingerprint density at radius 1 is 1.25 bits per heavy atom. The second kappa shape index (κ2) is 5.64. The molecule has 1 aliphatic heterocycles. The minimum absolute atomic E-state index is 0.0185. The van der Waals surface area contributed by atoms with Crippen LogP contribution in [0.2, 0.25) is 0 Å². The molecule has 0 spiro atoms. The zero-order valence-electron chi connectivity index (χ0n) is 11.5. The van der Waals surface area contributed by atoms with Gasteiger partial charge in [0.15, 0.2) is 0 Å². The molecule has 2 fully saturated rings. The van der Waals surface area contributed by atoms with Gasteiger partial charge in [0, 0.05) is 18.3 Å². The lowest BCUT2D eigenvalue weighted by Gasteiger charge is -2.33. The molecule has 1 unspecified atom stereocenters. The van der Waals surface area contributed by atoms with Gasteiger partial charge in [-0.25, -0.2) is 0 Å². The first-order valence-electron chi connectivity index (χ1n) is 7.31. The molecular formula is C16H19N3O. The Kier molecular flexibility index (Phi) is 3.70. The Hall–Kier alpha value is -1.86. The molecular weight excluding hydrogens is 250 g/mol. The lowest BCUT2D eigenvalue weighted by molar-refractivity contribution is -0.121. The van der Waals surface area contributed by atoms with Crippen molar-refractivity contribution in [1.82, 2.24) is 5.32 Å². The number of rotatable bonds is 4. The maximum absolute atomic E-state index is 12.5. The fraction of sp³-hybridized carbons (Fsp3) is 0.500. The quantitative estimate of drug-likeness (QED) is 0.909. The summed E-state index contributed by atoms with van der Waals surface area (Å²) in [5.41, 5.74) is 1.94. The molecule has 0 radical (unpaired) electrons. The molecule has 3 rings (SSSR count). The van der Waals surface area contributed by atoms with Crippen molar-refractivity contribution in [2.45, 2.75) is 44.2 Å². The van der Waals surface area contributed by atoms with Gasteiger partial charge >= 0.3 is 0 Å². The Morgan fingerprint density at radius 2 is 2.00 bits per heavy atom. The van der Waals surface area contributed by atoms with Gasteiger partial charge in [-0.1, -0.05) is 12.1 Å². The average Bonchev–Trinajstić information content (AvgIpc) is 3.27. The van der Waals surface area contributed by atoms with E-state index in [1.54, 1.807) is 0 Å². The number of piperidine rings is 1. The van der Waals surface area contributed by atoms with E-state index < -0.39 is 0 Å². The zero-order chi connectivity index (χ0) is 13.9. The lowest BCUT2D eigenvalue weighted by atomic mass is 10.0. The van der Waals surface area contributed by atoms with Crippen LogP contribution in [0.3, 0.4) is 0 Å². The van der Waals surface area contributed by atoms with Crippen LogP contribution in [0.25, 0.3) is 0 Å². The van der Waals surface area contributed by atoms with Crippen molar-refractivity contribution >= 4 is 11.6 Å². The molecule has 104 valence electrons. The van der Waals surface area contributed by atoms with Crippen LogP contribution in [0.4, 0.5) is 5.69 Å². The van der Waals surface area contributed by atoms with Gasteiger partial charge < -0.3 is 10.2 Å². The molecule has 0 aromatic heterocycles. The Labute approximate surface area is 119 Å². The van der Waals surface area contributed by atoms with E-state index in [1.807, 2.05) is 29.2 Å². The normalized spacial score (nSPS) is 22.6. The lowest BCUT2D eigenvalue weighted by Crippen LogP contribution is -2.51. The molecule has 1 aromatic rings. The minimum Gasteiger partial charge on any atom is -0.311 e. The highest BCUT2D eigenvalue weighted by Crippen LogP contribution is 2.25.